The molecule has 1 atom stereocenters. The van der Waals surface area contributed by atoms with Gasteiger partial charge in [-0.05, 0) is 64.7 Å². The number of hydrogen-bond donors (Lipinski definition) is 2. The maximum Gasteiger partial charge on any atom is 0.295 e. The third-order valence-corrected chi connectivity index (χ3v) is 6.68. The average molecular weight is 486 g/mol. The number of nitrogens with zero attached hydrogens (tertiary/aromatic N) is 1. The minimum Gasteiger partial charge on any atom is -0.508 e. The maximum absolute atomic E-state index is 13.1. The minimum absolute atomic E-state index is 0.0400. The van der Waals surface area contributed by atoms with Crippen molar-refractivity contribution < 1.29 is 24.5 Å². The molecule has 2 N–H and O–H groups in total. The number of aliphatic hydroxyl groups is 1. The molecule has 0 aromatic heterocycles. The van der Waals surface area contributed by atoms with E-state index in [0.29, 0.717) is 21.3 Å². The highest BCUT2D eigenvalue weighted by Crippen LogP contribution is 2.44. The number of ketones is 1. The zero-order valence-corrected chi connectivity index (χ0v) is 18.8. The van der Waals surface area contributed by atoms with Crippen LogP contribution in [0.5, 0.6) is 11.5 Å². The van der Waals surface area contributed by atoms with Crippen LogP contribution in [0.3, 0.4) is 0 Å². The molecule has 1 saturated heterocycles. The standard InChI is InChI=1S/C24H24BrNO5/c1-31-19-11-10-15(13-18(19)25)22(28)20-21(14-6-5-9-17(27)12-14)26(24(30)23(20)29)16-7-3-2-4-8-16/h5-6,9-13,16,21,27-28H,2-4,7-8H2,1H3/b22-20-. The van der Waals surface area contributed by atoms with Gasteiger partial charge in [0.1, 0.15) is 17.3 Å². The lowest BCUT2D eigenvalue weighted by Gasteiger charge is -2.35. The van der Waals surface area contributed by atoms with Gasteiger partial charge in [-0.15, -0.1) is 0 Å². The highest BCUT2D eigenvalue weighted by Gasteiger charge is 2.48. The Morgan fingerprint density at radius 3 is 2.48 bits per heavy atom. The van der Waals surface area contributed by atoms with Gasteiger partial charge in [-0.3, -0.25) is 9.59 Å². The summed E-state index contributed by atoms with van der Waals surface area (Å²) in [6, 6.07) is 10.7. The fraction of sp³-hybridized carbons (Fsp3) is 0.333. The molecule has 7 heteroatoms. The Labute approximate surface area is 189 Å². The molecule has 2 aromatic rings. The van der Waals surface area contributed by atoms with Gasteiger partial charge in [-0.1, -0.05) is 31.4 Å². The molecule has 162 valence electrons. The number of likely N-dealkylation sites (tertiary alicyclic amines) is 1. The Bertz CT molecular complexity index is 1060. The first-order valence-corrected chi connectivity index (χ1v) is 11.1. The summed E-state index contributed by atoms with van der Waals surface area (Å²) in [5.41, 5.74) is 1.04. The maximum atomic E-state index is 13.1. The second-order valence-corrected chi connectivity index (χ2v) is 8.80. The molecule has 2 aliphatic rings. The van der Waals surface area contributed by atoms with Crippen LogP contribution in [0.15, 0.2) is 52.5 Å². The Hall–Kier alpha value is -2.80. The molecule has 31 heavy (non-hydrogen) atoms. The molecule has 0 spiro atoms. The first kappa shape index (κ1) is 21.4. The number of phenols is 1. The van der Waals surface area contributed by atoms with Gasteiger partial charge in [-0.2, -0.15) is 0 Å². The molecule has 1 saturated carbocycles. The number of rotatable bonds is 4. The fourth-order valence-electron chi connectivity index (χ4n) is 4.58. The summed E-state index contributed by atoms with van der Waals surface area (Å²) in [5.74, 6) is -0.922. The number of benzene rings is 2. The van der Waals surface area contributed by atoms with Crippen molar-refractivity contribution in [3.05, 3.63) is 63.6 Å². The zero-order chi connectivity index (χ0) is 22.1. The van der Waals surface area contributed by atoms with Crippen LogP contribution in [0.2, 0.25) is 0 Å². The Morgan fingerprint density at radius 1 is 1.10 bits per heavy atom. The number of carbonyl (C=O) groups excluding carboxylic acids is 2. The van der Waals surface area contributed by atoms with Gasteiger partial charge in [0.15, 0.2) is 0 Å². The van der Waals surface area contributed by atoms with Gasteiger partial charge < -0.3 is 19.8 Å². The van der Waals surface area contributed by atoms with E-state index in [9.17, 15) is 19.8 Å². The van der Waals surface area contributed by atoms with Gasteiger partial charge >= 0.3 is 0 Å². The highest BCUT2D eigenvalue weighted by molar-refractivity contribution is 9.10. The van der Waals surface area contributed by atoms with Crippen molar-refractivity contribution in [2.45, 2.75) is 44.2 Å². The third kappa shape index (κ3) is 3.94. The lowest BCUT2D eigenvalue weighted by Crippen LogP contribution is -2.40. The molecule has 1 aliphatic heterocycles. The number of aliphatic hydroxyl groups excluding tert-OH is 1. The van der Waals surface area contributed by atoms with Crippen LogP contribution in [0.4, 0.5) is 0 Å². The van der Waals surface area contributed by atoms with E-state index in [0.717, 1.165) is 32.1 Å². The number of ether oxygens (including phenoxy) is 1. The van der Waals surface area contributed by atoms with Crippen LogP contribution in [0, 0.1) is 0 Å². The van der Waals surface area contributed by atoms with E-state index in [-0.39, 0.29) is 23.1 Å². The van der Waals surface area contributed by atoms with Crippen LogP contribution in [0.25, 0.3) is 5.76 Å². The van der Waals surface area contributed by atoms with E-state index in [1.54, 1.807) is 41.3 Å². The molecule has 4 rings (SSSR count). The van der Waals surface area contributed by atoms with Crippen molar-refractivity contribution in [2.75, 3.05) is 7.11 Å². The van der Waals surface area contributed by atoms with Crippen molar-refractivity contribution in [2.24, 2.45) is 0 Å². The molecule has 0 bridgehead atoms. The number of halogens is 1. The predicted molar refractivity (Wildman–Crippen MR) is 120 cm³/mol. The molecule has 6 nitrogen and oxygen atoms in total. The number of methoxy groups -OCH3 is 1. The van der Waals surface area contributed by atoms with E-state index in [2.05, 4.69) is 15.9 Å². The van der Waals surface area contributed by atoms with Gasteiger partial charge in [0.2, 0.25) is 0 Å². The predicted octanol–water partition coefficient (Wildman–Crippen LogP) is 4.92. The minimum atomic E-state index is -0.754. The van der Waals surface area contributed by atoms with Crippen molar-refractivity contribution >= 4 is 33.4 Å². The number of aromatic hydroxyl groups is 1. The van der Waals surface area contributed by atoms with E-state index in [1.165, 1.54) is 13.2 Å². The molecule has 1 aliphatic carbocycles. The van der Waals surface area contributed by atoms with Crippen molar-refractivity contribution in [1.82, 2.24) is 4.90 Å². The van der Waals surface area contributed by atoms with Crippen LogP contribution in [0.1, 0.15) is 49.3 Å². The molecular weight excluding hydrogens is 462 g/mol. The van der Waals surface area contributed by atoms with Crippen LogP contribution < -0.4 is 4.74 Å². The summed E-state index contributed by atoms with van der Waals surface area (Å²) in [6.45, 7) is 0. The second kappa shape index (κ2) is 8.75. The van der Waals surface area contributed by atoms with Crippen LogP contribution in [-0.2, 0) is 9.59 Å². The summed E-state index contributed by atoms with van der Waals surface area (Å²) in [6.07, 6.45) is 4.72. The molecule has 1 amide bonds. The van der Waals surface area contributed by atoms with E-state index in [1.807, 2.05) is 0 Å². The summed E-state index contributed by atoms with van der Waals surface area (Å²) in [4.78, 5) is 27.9. The Morgan fingerprint density at radius 2 is 1.84 bits per heavy atom. The Kier molecular flexibility index (Phi) is 6.05. The molecule has 1 unspecified atom stereocenters. The fourth-order valence-corrected chi connectivity index (χ4v) is 5.12. The van der Waals surface area contributed by atoms with Crippen molar-refractivity contribution in [1.29, 1.82) is 0 Å². The number of Topliss-reactive ketones (excluding diaryl/α,β-unsaturated/α-hetero) is 1. The van der Waals surface area contributed by atoms with Crippen LogP contribution >= 0.6 is 15.9 Å². The van der Waals surface area contributed by atoms with E-state index in [4.69, 9.17) is 4.74 Å². The molecular formula is C24H24BrNO5. The van der Waals surface area contributed by atoms with Gasteiger partial charge in [-0.25, -0.2) is 0 Å². The van der Waals surface area contributed by atoms with E-state index >= 15 is 0 Å². The summed E-state index contributed by atoms with van der Waals surface area (Å²) in [5, 5.41) is 21.2. The number of carbonyl (C=O) groups is 2. The highest BCUT2D eigenvalue weighted by atomic mass is 79.9. The Balaban J connectivity index is 1.88. The zero-order valence-electron chi connectivity index (χ0n) is 17.2. The smallest absolute Gasteiger partial charge is 0.295 e. The van der Waals surface area contributed by atoms with Gasteiger partial charge in [0.05, 0.1) is 23.2 Å². The summed E-state index contributed by atoms with van der Waals surface area (Å²) in [7, 11) is 1.54. The van der Waals surface area contributed by atoms with Crippen molar-refractivity contribution in [3.8, 4) is 11.5 Å². The lowest BCUT2D eigenvalue weighted by atomic mass is 9.91. The topological polar surface area (TPSA) is 87.1 Å². The average Bonchev–Trinajstić information content (AvgIpc) is 3.04. The summed E-state index contributed by atoms with van der Waals surface area (Å²) < 4.78 is 5.86. The molecule has 1 heterocycles. The van der Waals surface area contributed by atoms with E-state index < -0.39 is 17.7 Å². The van der Waals surface area contributed by atoms with Gasteiger partial charge in [0, 0.05) is 11.6 Å². The van der Waals surface area contributed by atoms with Gasteiger partial charge in [0.25, 0.3) is 11.7 Å². The molecule has 0 radical (unpaired) electrons. The number of hydrogen-bond acceptors (Lipinski definition) is 5. The normalized spacial score (nSPS) is 21.5. The number of amides is 1. The largest absolute Gasteiger partial charge is 0.508 e. The number of phenolic OH excluding ortho intramolecular Hbond substituents is 1. The molecule has 2 aromatic carbocycles. The third-order valence-electron chi connectivity index (χ3n) is 6.06. The summed E-state index contributed by atoms with van der Waals surface area (Å²) >= 11 is 3.40. The molecule has 2 fully saturated rings. The second-order valence-electron chi connectivity index (χ2n) is 7.94. The monoisotopic (exact) mass is 485 g/mol. The SMILES string of the molecule is COc1ccc(/C(O)=C2/C(=O)C(=O)N(C3CCCCC3)C2c2cccc(O)c2)cc1Br. The van der Waals surface area contributed by atoms with Crippen LogP contribution in [-0.4, -0.2) is 40.0 Å². The first-order valence-electron chi connectivity index (χ1n) is 10.4. The quantitative estimate of drug-likeness (QED) is 0.364. The lowest BCUT2D eigenvalue weighted by molar-refractivity contribution is -0.141. The van der Waals surface area contributed by atoms with Crippen molar-refractivity contribution in [3.63, 3.8) is 0 Å². The first-order chi connectivity index (χ1) is 14.9.